The van der Waals surface area contributed by atoms with E-state index >= 15 is 0 Å². The second-order valence-electron chi connectivity index (χ2n) is 5.45. The Morgan fingerprint density at radius 3 is 2.78 bits per heavy atom. The first kappa shape index (κ1) is 15.4. The first-order valence-electron chi connectivity index (χ1n) is 7.04. The molecule has 2 heterocycles. The van der Waals surface area contributed by atoms with Crippen LogP contribution in [0.25, 0.3) is 11.3 Å². The highest BCUT2D eigenvalue weighted by Gasteiger charge is 2.33. The number of hydrogen-bond donors (Lipinski definition) is 0. The predicted octanol–water partition coefficient (Wildman–Crippen LogP) is 3.83. The maximum atomic E-state index is 13.1. The Kier molecular flexibility index (Phi) is 3.75. The van der Waals surface area contributed by atoms with Gasteiger partial charge in [-0.15, -0.1) is 0 Å². The smallest absolute Gasteiger partial charge is 0.300 e. The number of pyridine rings is 1. The van der Waals surface area contributed by atoms with Crippen LogP contribution in [0.4, 0.5) is 13.2 Å². The number of carbonyl (C=O) groups is 1. The molecular weight excluding hydrogens is 305 g/mol. The summed E-state index contributed by atoms with van der Waals surface area (Å²) in [5.41, 5.74) is 1.82. The number of hydrogen-bond acceptors (Lipinski definition) is 3. The van der Waals surface area contributed by atoms with Crippen LogP contribution in [0.15, 0.2) is 35.5 Å². The number of alkyl halides is 3. The lowest BCUT2D eigenvalue weighted by atomic mass is 9.93. The molecular formula is C17H13F3N2O. The lowest BCUT2D eigenvalue weighted by Gasteiger charge is -2.15. The van der Waals surface area contributed by atoms with E-state index in [1.807, 2.05) is 0 Å². The summed E-state index contributed by atoms with van der Waals surface area (Å²) in [5, 5.41) is 0. The van der Waals surface area contributed by atoms with Crippen LogP contribution in [0.1, 0.15) is 29.2 Å². The second kappa shape index (κ2) is 5.61. The molecule has 1 aliphatic rings. The van der Waals surface area contributed by atoms with Crippen molar-refractivity contribution in [2.45, 2.75) is 26.1 Å². The molecule has 118 valence electrons. The zero-order valence-electron chi connectivity index (χ0n) is 12.3. The Bertz CT molecular complexity index is 810. The molecule has 6 heteroatoms. The van der Waals surface area contributed by atoms with Gasteiger partial charge in [-0.3, -0.25) is 14.8 Å². The lowest BCUT2D eigenvalue weighted by molar-refractivity contribution is -0.137. The average Bonchev–Trinajstić information content (AvgIpc) is 2.93. The van der Waals surface area contributed by atoms with Crippen LogP contribution in [-0.4, -0.2) is 17.0 Å². The van der Waals surface area contributed by atoms with Crippen LogP contribution in [0.3, 0.4) is 0 Å². The lowest BCUT2D eigenvalue weighted by Crippen LogP contribution is -2.08. The van der Waals surface area contributed by atoms with Crippen molar-refractivity contribution in [1.29, 1.82) is 0 Å². The Balaban J connectivity index is 2.22. The van der Waals surface area contributed by atoms with Gasteiger partial charge in [0.25, 0.3) is 0 Å². The van der Waals surface area contributed by atoms with Gasteiger partial charge in [-0.1, -0.05) is 6.07 Å². The minimum absolute atomic E-state index is 0.0726. The Hall–Kier alpha value is -2.50. The highest BCUT2D eigenvalue weighted by molar-refractivity contribution is 5.95. The molecule has 3 nitrogen and oxygen atoms in total. The molecule has 0 atom stereocenters. The van der Waals surface area contributed by atoms with E-state index in [1.54, 1.807) is 18.3 Å². The molecule has 0 fully saturated rings. The third kappa shape index (κ3) is 3.02. The van der Waals surface area contributed by atoms with Gasteiger partial charge < -0.3 is 0 Å². The zero-order chi connectivity index (χ0) is 16.6. The van der Waals surface area contributed by atoms with Crippen molar-refractivity contribution in [3.63, 3.8) is 0 Å². The molecule has 3 rings (SSSR count). The Morgan fingerprint density at radius 1 is 1.30 bits per heavy atom. The van der Waals surface area contributed by atoms with Crippen LogP contribution in [0.2, 0.25) is 0 Å². The fourth-order valence-corrected chi connectivity index (χ4v) is 2.68. The molecule has 0 bridgehead atoms. The van der Waals surface area contributed by atoms with Crippen molar-refractivity contribution in [2.24, 2.45) is 4.99 Å². The average molecular weight is 318 g/mol. The molecule has 1 aliphatic heterocycles. The Morgan fingerprint density at radius 2 is 2.09 bits per heavy atom. The molecule has 0 saturated carbocycles. The third-order valence-electron chi connectivity index (χ3n) is 3.66. The second-order valence-corrected chi connectivity index (χ2v) is 5.45. The summed E-state index contributed by atoms with van der Waals surface area (Å²) >= 11 is 0. The highest BCUT2D eigenvalue weighted by Crippen LogP contribution is 2.37. The molecule has 0 N–H and O–H groups in total. The van der Waals surface area contributed by atoms with Crippen LogP contribution >= 0.6 is 0 Å². The van der Waals surface area contributed by atoms with Gasteiger partial charge in [0, 0.05) is 30.0 Å². The molecule has 0 saturated heterocycles. The van der Waals surface area contributed by atoms with Gasteiger partial charge in [0.2, 0.25) is 0 Å². The van der Waals surface area contributed by atoms with Crippen molar-refractivity contribution in [1.82, 2.24) is 4.98 Å². The number of aliphatic imine (C=N–C) groups is 1. The van der Waals surface area contributed by atoms with Crippen LogP contribution in [0, 0.1) is 0 Å². The minimum Gasteiger partial charge on any atom is -0.300 e. The first-order chi connectivity index (χ1) is 10.9. The van der Waals surface area contributed by atoms with Crippen LogP contribution in [0.5, 0.6) is 0 Å². The van der Waals surface area contributed by atoms with Crippen LogP contribution < -0.4 is 0 Å². The number of aromatic nitrogens is 1. The molecule has 0 aliphatic carbocycles. The predicted molar refractivity (Wildman–Crippen MR) is 80.4 cm³/mol. The van der Waals surface area contributed by atoms with E-state index in [0.717, 1.165) is 12.1 Å². The standard InChI is InChI=1S/C17H13F3N2O/c1-10(23)5-11-3-2-4-22-16(11)14-7-13(17(18,19)20)6-12-8-21-9-15(12)14/h2-4,6-7,9H,5,8H2,1H3. The number of carbonyl (C=O) groups excluding carboxylic acids is 1. The summed E-state index contributed by atoms with van der Waals surface area (Å²) < 4.78 is 39.4. The zero-order valence-corrected chi connectivity index (χ0v) is 12.3. The number of Topliss-reactive ketones (excluding diaryl/α,β-unsaturated/α-hetero) is 1. The fraction of sp³-hybridized carbons (Fsp3) is 0.235. The number of benzene rings is 1. The van der Waals surface area contributed by atoms with Gasteiger partial charge in [-0.2, -0.15) is 13.2 Å². The van der Waals surface area contributed by atoms with E-state index < -0.39 is 11.7 Å². The maximum absolute atomic E-state index is 13.1. The van der Waals surface area contributed by atoms with E-state index in [-0.39, 0.29) is 18.7 Å². The van der Waals surface area contributed by atoms with Crippen molar-refractivity contribution >= 4 is 12.0 Å². The summed E-state index contributed by atoms with van der Waals surface area (Å²) in [5.74, 6) is -0.0726. The highest BCUT2D eigenvalue weighted by atomic mass is 19.4. The fourth-order valence-electron chi connectivity index (χ4n) is 2.68. The molecule has 0 spiro atoms. The van der Waals surface area contributed by atoms with Crippen molar-refractivity contribution < 1.29 is 18.0 Å². The number of rotatable bonds is 3. The van der Waals surface area contributed by atoms with Gasteiger partial charge in [-0.25, -0.2) is 0 Å². The van der Waals surface area contributed by atoms with E-state index in [0.29, 0.717) is 27.9 Å². The SMILES string of the molecule is CC(=O)Cc1cccnc1-c1cc(C(F)(F)F)cc2c1C=NC2. The minimum atomic E-state index is -4.44. The third-order valence-corrected chi connectivity index (χ3v) is 3.66. The summed E-state index contributed by atoms with van der Waals surface area (Å²) in [7, 11) is 0. The Labute approximate surface area is 130 Å². The van der Waals surface area contributed by atoms with E-state index in [4.69, 9.17) is 0 Å². The number of ketones is 1. The normalized spacial score (nSPS) is 13.2. The monoisotopic (exact) mass is 318 g/mol. The van der Waals surface area contributed by atoms with Crippen LogP contribution in [-0.2, 0) is 23.9 Å². The van der Waals surface area contributed by atoms with Gasteiger partial charge in [0.15, 0.2) is 0 Å². The van der Waals surface area contributed by atoms with Crippen molar-refractivity contribution in [3.8, 4) is 11.3 Å². The summed E-state index contributed by atoms with van der Waals surface area (Å²) in [4.78, 5) is 19.7. The van der Waals surface area contributed by atoms with E-state index in [1.165, 1.54) is 13.1 Å². The molecule has 0 amide bonds. The van der Waals surface area contributed by atoms with Gasteiger partial charge in [0.05, 0.1) is 17.8 Å². The molecule has 0 unspecified atom stereocenters. The van der Waals surface area contributed by atoms with Gasteiger partial charge in [-0.05, 0) is 36.2 Å². The summed E-state index contributed by atoms with van der Waals surface area (Å²) in [6, 6.07) is 5.59. The van der Waals surface area contributed by atoms with E-state index in [9.17, 15) is 18.0 Å². The van der Waals surface area contributed by atoms with Gasteiger partial charge >= 0.3 is 6.18 Å². The molecule has 1 aromatic heterocycles. The first-order valence-corrected chi connectivity index (χ1v) is 7.04. The number of halogens is 3. The molecule has 2 aromatic rings. The van der Waals surface area contributed by atoms with Gasteiger partial charge in [0.1, 0.15) is 5.78 Å². The van der Waals surface area contributed by atoms with Crippen molar-refractivity contribution in [3.05, 3.63) is 52.7 Å². The summed E-state index contributed by atoms with van der Waals surface area (Å²) in [6.07, 6.45) is -1.23. The topological polar surface area (TPSA) is 42.3 Å². The summed E-state index contributed by atoms with van der Waals surface area (Å²) in [6.45, 7) is 1.66. The maximum Gasteiger partial charge on any atom is 0.416 e. The largest absolute Gasteiger partial charge is 0.416 e. The number of nitrogens with zero attached hydrogens (tertiary/aromatic N) is 2. The molecule has 23 heavy (non-hydrogen) atoms. The molecule has 0 radical (unpaired) electrons. The molecule has 1 aromatic carbocycles. The quantitative estimate of drug-likeness (QED) is 0.863. The number of fused-ring (bicyclic) bond motifs is 1. The van der Waals surface area contributed by atoms with E-state index in [2.05, 4.69) is 9.98 Å². The van der Waals surface area contributed by atoms with Crippen molar-refractivity contribution in [2.75, 3.05) is 0 Å².